The second kappa shape index (κ2) is 4.85. The molecule has 0 spiro atoms. The molecule has 4 aromatic rings. The molecule has 4 heterocycles. The van der Waals surface area contributed by atoms with E-state index in [1.54, 1.807) is 30.9 Å². The van der Waals surface area contributed by atoms with Gasteiger partial charge in [0, 0.05) is 24.2 Å². The molecule has 0 saturated heterocycles. The van der Waals surface area contributed by atoms with Crippen LogP contribution in [0.2, 0.25) is 0 Å². The second-order valence-corrected chi connectivity index (χ2v) is 4.70. The first kappa shape index (κ1) is 12.3. The van der Waals surface area contributed by atoms with E-state index >= 15 is 0 Å². The van der Waals surface area contributed by atoms with Crippen molar-refractivity contribution in [2.24, 2.45) is 0 Å². The zero-order chi connectivity index (χ0) is 14.9. The highest BCUT2D eigenvalue weighted by Crippen LogP contribution is 2.24. The number of pyridine rings is 1. The first-order valence-electron chi connectivity index (χ1n) is 6.61. The average molecular weight is 292 g/mol. The topological polar surface area (TPSA) is 110 Å². The lowest BCUT2D eigenvalue weighted by Crippen LogP contribution is -2.01. The number of nitrogen functional groups attached to an aromatic ring is 1. The molecular weight excluding hydrogens is 280 g/mol. The van der Waals surface area contributed by atoms with E-state index in [9.17, 15) is 0 Å². The molecule has 108 valence electrons. The van der Waals surface area contributed by atoms with Gasteiger partial charge in [0.25, 0.3) is 0 Å². The predicted octanol–water partition coefficient (Wildman–Crippen LogP) is 1.84. The van der Waals surface area contributed by atoms with E-state index in [1.165, 1.54) is 0 Å². The number of fused-ring (bicyclic) bond motifs is 1. The van der Waals surface area contributed by atoms with Crippen LogP contribution in [0.25, 0.3) is 16.9 Å². The zero-order valence-corrected chi connectivity index (χ0v) is 11.4. The van der Waals surface area contributed by atoms with Gasteiger partial charge in [-0.15, -0.1) is 0 Å². The molecule has 8 nitrogen and oxygen atoms in total. The number of rotatable bonds is 3. The Hall–Kier alpha value is -3.42. The van der Waals surface area contributed by atoms with E-state index in [-0.39, 0.29) is 0 Å². The smallest absolute Gasteiger partial charge is 0.180 e. The molecule has 22 heavy (non-hydrogen) atoms. The third kappa shape index (κ3) is 2.03. The minimum atomic E-state index is 0.472. The molecule has 0 atom stereocenters. The summed E-state index contributed by atoms with van der Waals surface area (Å²) in [6.07, 6.45) is 10.6. The van der Waals surface area contributed by atoms with Crippen molar-refractivity contribution in [3.05, 3.63) is 49.3 Å². The van der Waals surface area contributed by atoms with Crippen LogP contribution in [0.5, 0.6) is 0 Å². The lowest BCUT2D eigenvalue weighted by atomic mass is 10.2. The van der Waals surface area contributed by atoms with Crippen molar-refractivity contribution in [1.29, 1.82) is 0 Å². The van der Waals surface area contributed by atoms with Crippen molar-refractivity contribution in [2.45, 2.75) is 0 Å². The van der Waals surface area contributed by atoms with Crippen molar-refractivity contribution < 1.29 is 0 Å². The van der Waals surface area contributed by atoms with E-state index in [0.29, 0.717) is 11.6 Å². The van der Waals surface area contributed by atoms with Gasteiger partial charge in [0.1, 0.15) is 5.82 Å². The molecule has 0 amide bonds. The van der Waals surface area contributed by atoms with E-state index in [1.807, 2.05) is 22.9 Å². The highest BCUT2D eigenvalue weighted by molar-refractivity contribution is 5.73. The molecule has 4 rings (SSSR count). The van der Waals surface area contributed by atoms with Crippen LogP contribution >= 0.6 is 0 Å². The maximum Gasteiger partial charge on any atom is 0.180 e. The molecule has 8 heteroatoms. The largest absolute Gasteiger partial charge is 0.384 e. The Morgan fingerprint density at radius 1 is 1.09 bits per heavy atom. The van der Waals surface area contributed by atoms with Crippen molar-refractivity contribution in [3.8, 4) is 11.3 Å². The van der Waals surface area contributed by atoms with Crippen LogP contribution in [0.3, 0.4) is 0 Å². The van der Waals surface area contributed by atoms with Crippen molar-refractivity contribution in [1.82, 2.24) is 29.5 Å². The summed E-state index contributed by atoms with van der Waals surface area (Å²) in [6.45, 7) is 0. The summed E-state index contributed by atoms with van der Waals surface area (Å²) in [5, 5.41) is 9.96. The van der Waals surface area contributed by atoms with Crippen LogP contribution in [-0.2, 0) is 0 Å². The third-order valence-corrected chi connectivity index (χ3v) is 3.27. The second-order valence-electron chi connectivity index (χ2n) is 4.70. The predicted molar refractivity (Wildman–Crippen MR) is 82.5 cm³/mol. The number of aromatic nitrogens is 6. The number of hydrogen-bond acceptors (Lipinski definition) is 6. The monoisotopic (exact) mass is 292 g/mol. The number of H-pyrrole nitrogens is 1. The van der Waals surface area contributed by atoms with E-state index in [0.717, 1.165) is 22.6 Å². The number of aromatic amines is 1. The van der Waals surface area contributed by atoms with Gasteiger partial charge in [-0.05, 0) is 12.1 Å². The molecule has 0 unspecified atom stereocenters. The summed E-state index contributed by atoms with van der Waals surface area (Å²) in [5.74, 6) is 1.11. The highest BCUT2D eigenvalue weighted by Gasteiger charge is 2.11. The first-order chi connectivity index (χ1) is 10.8. The van der Waals surface area contributed by atoms with Crippen LogP contribution < -0.4 is 11.1 Å². The molecule has 4 N–H and O–H groups in total. The van der Waals surface area contributed by atoms with Gasteiger partial charge in [-0.1, -0.05) is 0 Å². The number of imidazole rings is 1. The highest BCUT2D eigenvalue weighted by atomic mass is 15.1. The van der Waals surface area contributed by atoms with E-state index < -0.39 is 0 Å². The van der Waals surface area contributed by atoms with E-state index in [4.69, 9.17) is 5.73 Å². The van der Waals surface area contributed by atoms with Gasteiger partial charge in [-0.25, -0.2) is 15.0 Å². The molecule has 0 fully saturated rings. The Morgan fingerprint density at radius 2 is 2.05 bits per heavy atom. The number of nitrogens with one attached hydrogen (secondary N) is 2. The van der Waals surface area contributed by atoms with Gasteiger partial charge in [0.05, 0.1) is 30.0 Å². The Balaban J connectivity index is 1.78. The Morgan fingerprint density at radius 3 is 2.82 bits per heavy atom. The summed E-state index contributed by atoms with van der Waals surface area (Å²) in [6, 6.07) is 3.57. The van der Waals surface area contributed by atoms with Gasteiger partial charge in [0.15, 0.2) is 11.5 Å². The molecule has 0 radical (unpaired) electrons. The fourth-order valence-electron chi connectivity index (χ4n) is 2.23. The van der Waals surface area contributed by atoms with Crippen LogP contribution in [0.4, 0.5) is 17.3 Å². The van der Waals surface area contributed by atoms with Crippen LogP contribution in [0.1, 0.15) is 0 Å². The quantitative estimate of drug-likeness (QED) is 0.531. The van der Waals surface area contributed by atoms with Crippen LogP contribution in [0, 0.1) is 0 Å². The average Bonchev–Trinajstić information content (AvgIpc) is 3.20. The Bertz CT molecular complexity index is 908. The molecule has 0 bridgehead atoms. The van der Waals surface area contributed by atoms with Crippen LogP contribution in [-0.4, -0.2) is 29.5 Å². The number of hydrogen-bond donors (Lipinski definition) is 3. The van der Waals surface area contributed by atoms with Gasteiger partial charge < -0.3 is 11.1 Å². The normalized spacial score (nSPS) is 10.9. The Labute approximate surface area is 125 Å². The SMILES string of the molecule is Nc1ccc(Nc2ncc(-c3cn[nH]c3)n3ccnc23)cn1. The molecular formula is C14H12N8. The summed E-state index contributed by atoms with van der Waals surface area (Å²) >= 11 is 0. The van der Waals surface area contributed by atoms with E-state index in [2.05, 4.69) is 30.5 Å². The lowest BCUT2D eigenvalue weighted by Gasteiger charge is -2.09. The van der Waals surface area contributed by atoms with Crippen molar-refractivity contribution in [2.75, 3.05) is 11.1 Å². The van der Waals surface area contributed by atoms with Crippen molar-refractivity contribution >= 4 is 23.0 Å². The van der Waals surface area contributed by atoms with Gasteiger partial charge in [-0.2, -0.15) is 5.10 Å². The minimum absolute atomic E-state index is 0.472. The van der Waals surface area contributed by atoms with Crippen molar-refractivity contribution in [3.63, 3.8) is 0 Å². The summed E-state index contributed by atoms with van der Waals surface area (Å²) in [5.41, 5.74) is 8.95. The number of nitrogens with zero attached hydrogens (tertiary/aromatic N) is 5. The third-order valence-electron chi connectivity index (χ3n) is 3.27. The number of nitrogens with two attached hydrogens (primary N) is 1. The maximum atomic E-state index is 5.59. The molecule has 0 aliphatic heterocycles. The standard InChI is InChI=1S/C14H12N8/c15-12-2-1-10(7-17-12)21-13-14-16-3-4-22(14)11(8-18-13)9-5-19-20-6-9/h1-8H,(H2,15,17)(H,18,21)(H,19,20). The minimum Gasteiger partial charge on any atom is -0.384 e. The van der Waals surface area contributed by atoms with Gasteiger partial charge >= 0.3 is 0 Å². The fraction of sp³-hybridized carbons (Fsp3) is 0. The lowest BCUT2D eigenvalue weighted by molar-refractivity contribution is 1.09. The maximum absolute atomic E-state index is 5.59. The summed E-state index contributed by atoms with van der Waals surface area (Å²) in [4.78, 5) is 12.9. The summed E-state index contributed by atoms with van der Waals surface area (Å²) < 4.78 is 1.95. The molecule has 0 aliphatic carbocycles. The molecule has 0 aliphatic rings. The first-order valence-corrected chi connectivity index (χ1v) is 6.61. The van der Waals surface area contributed by atoms with Crippen LogP contribution in [0.15, 0.2) is 49.3 Å². The molecule has 4 aromatic heterocycles. The summed E-state index contributed by atoms with van der Waals surface area (Å²) in [7, 11) is 0. The molecule has 0 saturated carbocycles. The van der Waals surface area contributed by atoms with Gasteiger partial charge in [0.2, 0.25) is 0 Å². The van der Waals surface area contributed by atoms with Gasteiger partial charge in [-0.3, -0.25) is 9.50 Å². The number of anilines is 3. The Kier molecular flexibility index (Phi) is 2.72. The molecule has 0 aromatic carbocycles. The zero-order valence-electron chi connectivity index (χ0n) is 11.4. The fourth-order valence-corrected chi connectivity index (χ4v) is 2.23.